The van der Waals surface area contributed by atoms with Crippen molar-refractivity contribution in [2.24, 2.45) is 0 Å². The third kappa shape index (κ3) is 3.23. The molecular formula is C16H17ClFNO. The highest BCUT2D eigenvalue weighted by molar-refractivity contribution is 6.30. The zero-order valence-corrected chi connectivity index (χ0v) is 12.5. The molecule has 2 rings (SSSR count). The molecule has 4 heteroatoms. The van der Waals surface area contributed by atoms with Crippen LogP contribution in [0.1, 0.15) is 24.1 Å². The third-order valence-electron chi connectivity index (χ3n) is 3.15. The molecule has 0 saturated heterocycles. The molecule has 1 atom stereocenters. The fraction of sp³-hybridized carbons (Fsp3) is 0.250. The molecule has 0 saturated carbocycles. The highest BCUT2D eigenvalue weighted by Crippen LogP contribution is 2.30. The van der Waals surface area contributed by atoms with E-state index in [4.69, 9.17) is 16.3 Å². The van der Waals surface area contributed by atoms with Gasteiger partial charge in [0.15, 0.2) is 0 Å². The fourth-order valence-electron chi connectivity index (χ4n) is 2.11. The Bertz CT molecular complexity index is 615. The van der Waals surface area contributed by atoms with E-state index in [1.807, 2.05) is 32.0 Å². The lowest BCUT2D eigenvalue weighted by atomic mass is 10.0. The van der Waals surface area contributed by atoms with Crippen molar-refractivity contribution in [1.82, 2.24) is 0 Å². The lowest BCUT2D eigenvalue weighted by Crippen LogP contribution is -2.09. The molecule has 0 bridgehead atoms. The number of rotatable bonds is 4. The molecule has 0 spiro atoms. The summed E-state index contributed by atoms with van der Waals surface area (Å²) < 4.78 is 19.2. The van der Waals surface area contributed by atoms with Gasteiger partial charge in [-0.1, -0.05) is 29.3 Å². The Morgan fingerprint density at radius 1 is 1.20 bits per heavy atom. The molecule has 2 aromatic carbocycles. The molecule has 0 aromatic heterocycles. The Morgan fingerprint density at radius 3 is 2.60 bits per heavy atom. The van der Waals surface area contributed by atoms with Gasteiger partial charge in [0.1, 0.15) is 11.6 Å². The first kappa shape index (κ1) is 14.7. The number of hydrogen-bond acceptors (Lipinski definition) is 2. The Kier molecular flexibility index (Phi) is 4.50. The van der Waals surface area contributed by atoms with Crippen molar-refractivity contribution in [2.75, 3.05) is 12.4 Å². The molecule has 0 heterocycles. The highest BCUT2D eigenvalue weighted by Gasteiger charge is 2.13. The van der Waals surface area contributed by atoms with Crippen LogP contribution >= 0.6 is 11.6 Å². The van der Waals surface area contributed by atoms with E-state index in [-0.39, 0.29) is 11.9 Å². The third-order valence-corrected chi connectivity index (χ3v) is 3.39. The number of anilines is 1. The van der Waals surface area contributed by atoms with E-state index in [0.717, 1.165) is 16.9 Å². The summed E-state index contributed by atoms with van der Waals surface area (Å²) in [5.74, 6) is 0.418. The summed E-state index contributed by atoms with van der Waals surface area (Å²) in [7, 11) is 1.63. The van der Waals surface area contributed by atoms with Crippen LogP contribution in [-0.2, 0) is 0 Å². The molecule has 0 aliphatic rings. The summed E-state index contributed by atoms with van der Waals surface area (Å²) in [4.78, 5) is 0. The van der Waals surface area contributed by atoms with Crippen molar-refractivity contribution in [1.29, 1.82) is 0 Å². The highest BCUT2D eigenvalue weighted by atomic mass is 35.5. The maximum atomic E-state index is 13.8. The predicted molar refractivity (Wildman–Crippen MR) is 81.2 cm³/mol. The van der Waals surface area contributed by atoms with Gasteiger partial charge in [-0.2, -0.15) is 0 Å². The van der Waals surface area contributed by atoms with Crippen LogP contribution in [0.2, 0.25) is 5.02 Å². The zero-order chi connectivity index (χ0) is 14.7. The second-order valence-electron chi connectivity index (χ2n) is 4.74. The summed E-state index contributed by atoms with van der Waals surface area (Å²) in [6.45, 7) is 3.98. The van der Waals surface area contributed by atoms with Gasteiger partial charge in [-0.25, -0.2) is 4.39 Å². The molecular weight excluding hydrogens is 277 g/mol. The van der Waals surface area contributed by atoms with Crippen molar-refractivity contribution >= 4 is 17.3 Å². The average Bonchev–Trinajstić information content (AvgIpc) is 2.41. The predicted octanol–water partition coefficient (Wildman–Crippen LogP) is 4.97. The van der Waals surface area contributed by atoms with Crippen molar-refractivity contribution in [3.05, 3.63) is 58.4 Å². The van der Waals surface area contributed by atoms with Gasteiger partial charge in [-0.15, -0.1) is 0 Å². The second kappa shape index (κ2) is 6.14. The first-order valence-electron chi connectivity index (χ1n) is 6.37. The fourth-order valence-corrected chi connectivity index (χ4v) is 2.27. The molecule has 0 aliphatic carbocycles. The van der Waals surface area contributed by atoms with Crippen molar-refractivity contribution < 1.29 is 9.13 Å². The molecule has 2 nitrogen and oxygen atoms in total. The van der Waals surface area contributed by atoms with Crippen molar-refractivity contribution in [3.8, 4) is 5.75 Å². The molecule has 1 N–H and O–H groups in total. The number of hydrogen-bond donors (Lipinski definition) is 1. The molecule has 2 aromatic rings. The average molecular weight is 294 g/mol. The van der Waals surface area contributed by atoms with Gasteiger partial charge in [0.05, 0.1) is 18.8 Å². The lowest BCUT2D eigenvalue weighted by molar-refractivity contribution is 0.407. The smallest absolute Gasteiger partial charge is 0.147 e. The van der Waals surface area contributed by atoms with Gasteiger partial charge in [0, 0.05) is 10.6 Å². The SMILES string of the molecule is COc1ccc(C)cc1C(C)Nc1ccc(Cl)cc1F. The van der Waals surface area contributed by atoms with Gasteiger partial charge in [0.2, 0.25) is 0 Å². The first-order chi connectivity index (χ1) is 9.51. The second-order valence-corrected chi connectivity index (χ2v) is 5.17. The minimum Gasteiger partial charge on any atom is -0.496 e. The van der Waals surface area contributed by atoms with Gasteiger partial charge >= 0.3 is 0 Å². The molecule has 0 amide bonds. The normalized spacial score (nSPS) is 12.1. The minimum atomic E-state index is -0.365. The van der Waals surface area contributed by atoms with Crippen molar-refractivity contribution in [2.45, 2.75) is 19.9 Å². The van der Waals surface area contributed by atoms with Crippen LogP contribution in [0.25, 0.3) is 0 Å². The van der Waals surface area contributed by atoms with Crippen LogP contribution in [0.3, 0.4) is 0 Å². The van der Waals surface area contributed by atoms with Crippen LogP contribution in [-0.4, -0.2) is 7.11 Å². The van der Waals surface area contributed by atoms with E-state index in [1.165, 1.54) is 6.07 Å². The number of aryl methyl sites for hydroxylation is 1. The summed E-state index contributed by atoms with van der Waals surface area (Å²) in [5, 5.41) is 3.53. The van der Waals surface area contributed by atoms with E-state index in [1.54, 1.807) is 19.2 Å². The number of halogens is 2. The van der Waals surface area contributed by atoms with Crippen LogP contribution < -0.4 is 10.1 Å². The van der Waals surface area contributed by atoms with E-state index >= 15 is 0 Å². The van der Waals surface area contributed by atoms with Gasteiger partial charge in [0.25, 0.3) is 0 Å². The maximum absolute atomic E-state index is 13.8. The first-order valence-corrected chi connectivity index (χ1v) is 6.75. The van der Waals surface area contributed by atoms with E-state index in [0.29, 0.717) is 10.7 Å². The summed E-state index contributed by atoms with van der Waals surface area (Å²) >= 11 is 5.75. The molecule has 20 heavy (non-hydrogen) atoms. The maximum Gasteiger partial charge on any atom is 0.147 e. The van der Waals surface area contributed by atoms with E-state index < -0.39 is 0 Å². The summed E-state index contributed by atoms with van der Waals surface area (Å²) in [6.07, 6.45) is 0. The summed E-state index contributed by atoms with van der Waals surface area (Å²) in [6, 6.07) is 10.4. The standard InChI is InChI=1S/C16H17ClFNO/c1-10-4-7-16(20-3)13(8-10)11(2)19-15-6-5-12(17)9-14(15)18/h4-9,11,19H,1-3H3. The number of benzene rings is 2. The van der Waals surface area contributed by atoms with Gasteiger partial charge in [-0.3, -0.25) is 0 Å². The topological polar surface area (TPSA) is 21.3 Å². The molecule has 1 unspecified atom stereocenters. The Labute approximate surface area is 123 Å². The lowest BCUT2D eigenvalue weighted by Gasteiger charge is -2.19. The van der Waals surface area contributed by atoms with Gasteiger partial charge in [-0.05, 0) is 38.1 Å². The molecule has 0 fully saturated rings. The number of nitrogens with one attached hydrogen (secondary N) is 1. The largest absolute Gasteiger partial charge is 0.496 e. The Hall–Kier alpha value is -1.74. The summed E-state index contributed by atoms with van der Waals surface area (Å²) in [5.41, 5.74) is 2.54. The number of methoxy groups -OCH3 is 1. The zero-order valence-electron chi connectivity index (χ0n) is 11.7. The van der Waals surface area contributed by atoms with E-state index in [2.05, 4.69) is 5.32 Å². The quantitative estimate of drug-likeness (QED) is 0.859. The Balaban J connectivity index is 2.27. The van der Waals surface area contributed by atoms with Gasteiger partial charge < -0.3 is 10.1 Å². The van der Waals surface area contributed by atoms with Crippen LogP contribution in [0.4, 0.5) is 10.1 Å². The van der Waals surface area contributed by atoms with Crippen LogP contribution in [0.5, 0.6) is 5.75 Å². The number of ether oxygens (including phenoxy) is 1. The molecule has 106 valence electrons. The van der Waals surface area contributed by atoms with E-state index in [9.17, 15) is 4.39 Å². The van der Waals surface area contributed by atoms with Crippen LogP contribution in [0, 0.1) is 12.7 Å². The van der Waals surface area contributed by atoms with Crippen LogP contribution in [0.15, 0.2) is 36.4 Å². The van der Waals surface area contributed by atoms with Crippen molar-refractivity contribution in [3.63, 3.8) is 0 Å². The monoisotopic (exact) mass is 293 g/mol. The Morgan fingerprint density at radius 2 is 1.95 bits per heavy atom. The minimum absolute atomic E-state index is 0.0828. The molecule has 0 radical (unpaired) electrons. The molecule has 0 aliphatic heterocycles.